The average Bonchev–Trinajstić information content (AvgIpc) is 3.06. The number of carbonyl (C=O) groups excluding carboxylic acids is 1. The minimum absolute atomic E-state index is 0.120. The van der Waals surface area contributed by atoms with Crippen molar-refractivity contribution in [2.24, 2.45) is 7.05 Å². The Labute approximate surface area is 142 Å². The van der Waals surface area contributed by atoms with E-state index >= 15 is 0 Å². The first-order valence-corrected chi connectivity index (χ1v) is 9.23. The molecule has 1 aliphatic carbocycles. The number of aryl methyl sites for hydroxylation is 2. The first-order valence-electron chi connectivity index (χ1n) is 7.43. The van der Waals surface area contributed by atoms with Crippen LogP contribution in [0.5, 0.6) is 0 Å². The molecule has 1 aliphatic rings. The normalized spacial score (nSPS) is 13.4. The molecular formula is C15H17N5OS2. The second-order valence-corrected chi connectivity index (χ2v) is 7.50. The van der Waals surface area contributed by atoms with Crippen molar-refractivity contribution in [1.82, 2.24) is 14.8 Å². The predicted molar refractivity (Wildman–Crippen MR) is 90.8 cm³/mol. The topological polar surface area (TPSA) is 83.6 Å². The Morgan fingerprint density at radius 2 is 2.22 bits per heavy atom. The molecular weight excluding hydrogens is 330 g/mol. The molecule has 6 nitrogen and oxygen atoms in total. The van der Waals surface area contributed by atoms with Crippen molar-refractivity contribution in [3.63, 3.8) is 0 Å². The van der Waals surface area contributed by atoms with Gasteiger partial charge in [-0.3, -0.25) is 4.79 Å². The first kappa shape index (κ1) is 16.0. The highest BCUT2D eigenvalue weighted by Crippen LogP contribution is 2.37. The number of anilines is 1. The summed E-state index contributed by atoms with van der Waals surface area (Å²) in [7, 11) is 1.87. The van der Waals surface area contributed by atoms with E-state index in [0.717, 1.165) is 37.1 Å². The highest BCUT2D eigenvalue weighted by Gasteiger charge is 2.22. The van der Waals surface area contributed by atoms with Crippen molar-refractivity contribution in [2.45, 2.75) is 37.8 Å². The first-order chi connectivity index (χ1) is 11.1. The molecule has 0 saturated carbocycles. The summed E-state index contributed by atoms with van der Waals surface area (Å²) in [6, 6.07) is 2.26. The summed E-state index contributed by atoms with van der Waals surface area (Å²) in [5.74, 6) is 0.940. The Hall–Kier alpha value is -1.85. The lowest BCUT2D eigenvalue weighted by Gasteiger charge is -2.09. The van der Waals surface area contributed by atoms with Crippen molar-refractivity contribution in [3.05, 3.63) is 21.8 Å². The van der Waals surface area contributed by atoms with Gasteiger partial charge in [0.1, 0.15) is 16.9 Å². The molecule has 0 fully saturated rings. The molecule has 3 rings (SSSR count). The van der Waals surface area contributed by atoms with E-state index in [9.17, 15) is 10.1 Å². The molecule has 0 aliphatic heterocycles. The van der Waals surface area contributed by atoms with E-state index in [2.05, 4.69) is 21.6 Å². The maximum absolute atomic E-state index is 12.2. The average molecular weight is 347 g/mol. The van der Waals surface area contributed by atoms with E-state index in [-0.39, 0.29) is 11.7 Å². The lowest BCUT2D eigenvalue weighted by molar-refractivity contribution is -0.113. The smallest absolute Gasteiger partial charge is 0.235 e. The van der Waals surface area contributed by atoms with Gasteiger partial charge in [-0.25, -0.2) is 0 Å². The summed E-state index contributed by atoms with van der Waals surface area (Å²) in [4.78, 5) is 13.4. The van der Waals surface area contributed by atoms with Gasteiger partial charge >= 0.3 is 0 Å². The maximum atomic E-state index is 12.2. The molecule has 120 valence electrons. The molecule has 23 heavy (non-hydrogen) atoms. The highest BCUT2D eigenvalue weighted by atomic mass is 32.2. The van der Waals surface area contributed by atoms with E-state index in [0.29, 0.717) is 15.7 Å². The van der Waals surface area contributed by atoms with Gasteiger partial charge < -0.3 is 9.88 Å². The van der Waals surface area contributed by atoms with Crippen LogP contribution >= 0.6 is 23.1 Å². The van der Waals surface area contributed by atoms with Gasteiger partial charge in [0.05, 0.1) is 11.3 Å². The van der Waals surface area contributed by atoms with Crippen LogP contribution in [0.4, 0.5) is 5.00 Å². The van der Waals surface area contributed by atoms with E-state index in [1.54, 1.807) is 11.3 Å². The number of nitriles is 1. The van der Waals surface area contributed by atoms with Crippen molar-refractivity contribution in [3.8, 4) is 6.07 Å². The van der Waals surface area contributed by atoms with Crippen LogP contribution in [0.3, 0.4) is 0 Å². The van der Waals surface area contributed by atoms with E-state index in [4.69, 9.17) is 0 Å². The summed E-state index contributed by atoms with van der Waals surface area (Å²) in [5.41, 5.74) is 1.79. The summed E-state index contributed by atoms with van der Waals surface area (Å²) in [5, 5.41) is 21.7. The second-order valence-electron chi connectivity index (χ2n) is 5.45. The third-order valence-electron chi connectivity index (χ3n) is 3.92. The predicted octanol–water partition coefficient (Wildman–Crippen LogP) is 2.67. The number of thioether (sulfide) groups is 1. The number of fused-ring (bicyclic) bond motifs is 1. The largest absolute Gasteiger partial charge is 0.316 e. The zero-order chi connectivity index (χ0) is 16.4. The molecule has 0 bridgehead atoms. The Kier molecular flexibility index (Phi) is 4.68. The molecule has 1 N–H and O–H groups in total. The molecule has 0 radical (unpaired) electrons. The lowest BCUT2D eigenvalue weighted by atomic mass is 9.96. The van der Waals surface area contributed by atoms with Crippen LogP contribution in [0, 0.1) is 18.3 Å². The van der Waals surface area contributed by atoms with Gasteiger partial charge in [0, 0.05) is 11.9 Å². The number of hydrogen-bond donors (Lipinski definition) is 1. The monoisotopic (exact) mass is 347 g/mol. The zero-order valence-electron chi connectivity index (χ0n) is 13.0. The Balaban J connectivity index is 1.67. The van der Waals surface area contributed by atoms with Gasteiger partial charge in [-0.1, -0.05) is 11.8 Å². The Morgan fingerprint density at radius 1 is 1.43 bits per heavy atom. The molecule has 0 spiro atoms. The number of hydrogen-bond acceptors (Lipinski definition) is 6. The van der Waals surface area contributed by atoms with Gasteiger partial charge in [0.15, 0.2) is 5.16 Å². The summed E-state index contributed by atoms with van der Waals surface area (Å²) < 4.78 is 1.85. The lowest BCUT2D eigenvalue weighted by Crippen LogP contribution is -2.14. The fraction of sp³-hybridized carbons (Fsp3) is 0.467. The van der Waals surface area contributed by atoms with Crippen LogP contribution in [0.25, 0.3) is 0 Å². The van der Waals surface area contributed by atoms with E-state index < -0.39 is 0 Å². The second kappa shape index (κ2) is 6.72. The van der Waals surface area contributed by atoms with Crippen LogP contribution < -0.4 is 5.32 Å². The Bertz CT molecular complexity index is 787. The molecule has 0 aromatic carbocycles. The summed E-state index contributed by atoms with van der Waals surface area (Å²) in [6.45, 7) is 1.87. The molecule has 0 saturated heterocycles. The maximum Gasteiger partial charge on any atom is 0.235 e. The molecule has 0 unspecified atom stereocenters. The minimum atomic E-state index is -0.120. The molecule has 1 amide bonds. The number of amides is 1. The van der Waals surface area contributed by atoms with Crippen LogP contribution in [0.1, 0.15) is 34.7 Å². The molecule has 2 heterocycles. The molecule has 0 atom stereocenters. The quantitative estimate of drug-likeness (QED) is 0.860. The van der Waals surface area contributed by atoms with Gasteiger partial charge in [0.2, 0.25) is 5.91 Å². The van der Waals surface area contributed by atoms with Crippen molar-refractivity contribution in [2.75, 3.05) is 11.1 Å². The van der Waals surface area contributed by atoms with Crippen molar-refractivity contribution in [1.29, 1.82) is 5.26 Å². The minimum Gasteiger partial charge on any atom is -0.316 e. The van der Waals surface area contributed by atoms with Gasteiger partial charge in [-0.2, -0.15) is 5.26 Å². The summed E-state index contributed by atoms with van der Waals surface area (Å²) >= 11 is 2.89. The fourth-order valence-corrected chi connectivity index (χ4v) is 4.59. The number of nitrogens with one attached hydrogen (secondary N) is 1. The standard InChI is InChI=1S/C15H17N5OS2/c1-9-18-19-15(20(9)2)22-8-13(21)17-14-11(7-16)10-5-3-4-6-12(10)23-14/h3-6,8H2,1-2H3,(H,17,21). The third kappa shape index (κ3) is 3.26. The van der Waals surface area contributed by atoms with Gasteiger partial charge in [-0.05, 0) is 38.2 Å². The van der Waals surface area contributed by atoms with Crippen LogP contribution in [-0.2, 0) is 24.7 Å². The van der Waals surface area contributed by atoms with Crippen molar-refractivity contribution < 1.29 is 4.79 Å². The SMILES string of the molecule is Cc1nnc(SCC(=O)Nc2sc3c(c2C#N)CCCC3)n1C. The third-order valence-corrected chi connectivity index (χ3v) is 6.15. The van der Waals surface area contributed by atoms with Gasteiger partial charge in [-0.15, -0.1) is 21.5 Å². The van der Waals surface area contributed by atoms with Crippen LogP contribution in [0.2, 0.25) is 0 Å². The van der Waals surface area contributed by atoms with Gasteiger partial charge in [0.25, 0.3) is 0 Å². The fourth-order valence-electron chi connectivity index (χ4n) is 2.58. The molecule has 8 heteroatoms. The summed E-state index contributed by atoms with van der Waals surface area (Å²) in [6.07, 6.45) is 4.23. The molecule has 2 aromatic rings. The zero-order valence-corrected chi connectivity index (χ0v) is 14.7. The number of thiophene rings is 1. The van der Waals surface area contributed by atoms with Crippen molar-refractivity contribution >= 4 is 34.0 Å². The highest BCUT2D eigenvalue weighted by molar-refractivity contribution is 7.99. The van der Waals surface area contributed by atoms with E-state index in [1.807, 2.05) is 18.5 Å². The van der Waals surface area contributed by atoms with Crippen LogP contribution in [-0.4, -0.2) is 26.4 Å². The van der Waals surface area contributed by atoms with Crippen LogP contribution in [0.15, 0.2) is 5.16 Å². The Morgan fingerprint density at radius 3 is 2.91 bits per heavy atom. The number of carbonyl (C=O) groups is 1. The number of aromatic nitrogens is 3. The number of nitrogens with zero attached hydrogens (tertiary/aromatic N) is 4. The number of rotatable bonds is 4. The van der Waals surface area contributed by atoms with E-state index in [1.165, 1.54) is 16.6 Å². The molecule has 2 aromatic heterocycles.